The Morgan fingerprint density at radius 2 is 1.70 bits per heavy atom. The van der Waals surface area contributed by atoms with Crippen molar-refractivity contribution in [2.45, 2.75) is 65.1 Å². The molecule has 0 aliphatic rings. The van der Waals surface area contributed by atoms with E-state index in [1.807, 2.05) is 25.3 Å². The number of amides is 1. The molecule has 1 atom stereocenters. The molecule has 2 rings (SSSR count). The summed E-state index contributed by atoms with van der Waals surface area (Å²) in [6.45, 7) is 11.4. The van der Waals surface area contributed by atoms with Gasteiger partial charge in [-0.15, -0.1) is 0 Å². The Morgan fingerprint density at radius 3 is 2.20 bits per heavy atom. The van der Waals surface area contributed by atoms with Crippen LogP contribution in [0.15, 0.2) is 35.2 Å². The number of aryl methyl sites for hydroxylation is 1. The van der Waals surface area contributed by atoms with Crippen molar-refractivity contribution in [1.29, 1.82) is 0 Å². The number of esters is 1. The molecule has 1 unspecified atom stereocenters. The first-order chi connectivity index (χ1) is 14.0. The Balaban J connectivity index is 2.03. The van der Waals surface area contributed by atoms with Crippen LogP contribution in [0.1, 0.15) is 49.4 Å². The fourth-order valence-corrected chi connectivity index (χ4v) is 4.36. The fourth-order valence-electron chi connectivity index (χ4n) is 3.11. The summed E-state index contributed by atoms with van der Waals surface area (Å²) in [4.78, 5) is 25.0. The number of rotatable bonds is 8. The topological polar surface area (TPSA) is 106 Å². The maximum atomic E-state index is 12.5. The average molecular weight is 436 g/mol. The van der Waals surface area contributed by atoms with Crippen molar-refractivity contribution in [3.8, 4) is 0 Å². The normalized spacial score (nSPS) is 12.6. The van der Waals surface area contributed by atoms with Gasteiger partial charge in [0.25, 0.3) is 5.91 Å². The molecule has 8 nitrogen and oxygen atoms in total. The van der Waals surface area contributed by atoms with Gasteiger partial charge in [0.1, 0.15) is 0 Å². The van der Waals surface area contributed by atoms with Crippen molar-refractivity contribution >= 4 is 27.6 Å². The van der Waals surface area contributed by atoms with Gasteiger partial charge >= 0.3 is 5.97 Å². The summed E-state index contributed by atoms with van der Waals surface area (Å²) in [7, 11) is -3.61. The summed E-state index contributed by atoms with van der Waals surface area (Å²) >= 11 is 0. The van der Waals surface area contributed by atoms with Crippen molar-refractivity contribution in [3.05, 3.63) is 47.3 Å². The number of aromatic nitrogens is 1. The second-order valence-electron chi connectivity index (χ2n) is 7.37. The lowest BCUT2D eigenvalue weighted by Crippen LogP contribution is -2.31. The predicted octanol–water partition coefficient (Wildman–Crippen LogP) is 3.00. The number of nitrogens with one attached hydrogen (secondary N) is 2. The molecule has 30 heavy (non-hydrogen) atoms. The van der Waals surface area contributed by atoms with Crippen molar-refractivity contribution in [2.24, 2.45) is 0 Å². The van der Waals surface area contributed by atoms with Crippen LogP contribution < -0.4 is 10.0 Å². The molecule has 1 amide bonds. The Morgan fingerprint density at radius 1 is 1.10 bits per heavy atom. The van der Waals surface area contributed by atoms with Crippen LogP contribution in [0.5, 0.6) is 0 Å². The van der Waals surface area contributed by atoms with Crippen LogP contribution in [0.25, 0.3) is 0 Å². The summed E-state index contributed by atoms with van der Waals surface area (Å²) in [6, 6.07) is 7.28. The van der Waals surface area contributed by atoms with Crippen LogP contribution in [0.2, 0.25) is 0 Å². The standard InChI is InChI=1S/C21H29N3O5S/c1-7-24-14(4)12-19(15(24)5)21(26)29-16(6)20(25)22-17-8-10-18(11-9-17)30(27,28)23-13(2)3/h8-13,16,23H,7H2,1-6H3,(H,22,25). The summed E-state index contributed by atoms with van der Waals surface area (Å²) < 4.78 is 34.1. The van der Waals surface area contributed by atoms with E-state index in [9.17, 15) is 18.0 Å². The molecular weight excluding hydrogens is 406 g/mol. The Hall–Kier alpha value is -2.65. The largest absolute Gasteiger partial charge is 0.449 e. The highest BCUT2D eigenvalue weighted by molar-refractivity contribution is 7.89. The van der Waals surface area contributed by atoms with Crippen molar-refractivity contribution in [2.75, 3.05) is 5.32 Å². The van der Waals surface area contributed by atoms with Gasteiger partial charge in [-0.25, -0.2) is 17.9 Å². The highest BCUT2D eigenvalue weighted by Crippen LogP contribution is 2.18. The van der Waals surface area contributed by atoms with Gasteiger partial charge in [-0.1, -0.05) is 0 Å². The Bertz CT molecular complexity index is 1020. The molecule has 164 valence electrons. The van der Waals surface area contributed by atoms with Gasteiger partial charge < -0.3 is 14.6 Å². The van der Waals surface area contributed by atoms with E-state index < -0.39 is 28.0 Å². The average Bonchev–Trinajstić information content (AvgIpc) is 2.94. The third-order valence-corrected chi connectivity index (χ3v) is 6.26. The number of sulfonamides is 1. The lowest BCUT2D eigenvalue weighted by molar-refractivity contribution is -0.123. The third-order valence-electron chi connectivity index (χ3n) is 4.59. The highest BCUT2D eigenvalue weighted by atomic mass is 32.2. The second kappa shape index (κ2) is 9.44. The van der Waals surface area contributed by atoms with E-state index in [0.29, 0.717) is 11.3 Å². The lowest BCUT2D eigenvalue weighted by atomic mass is 10.2. The molecule has 1 heterocycles. The van der Waals surface area contributed by atoms with E-state index >= 15 is 0 Å². The second-order valence-corrected chi connectivity index (χ2v) is 9.08. The summed E-state index contributed by atoms with van der Waals surface area (Å²) in [6.07, 6.45) is -1.02. The van der Waals surface area contributed by atoms with Crippen molar-refractivity contribution in [3.63, 3.8) is 0 Å². The van der Waals surface area contributed by atoms with Crippen molar-refractivity contribution < 1.29 is 22.7 Å². The molecule has 0 bridgehead atoms. The number of benzene rings is 1. The molecule has 2 aromatic rings. The molecule has 9 heteroatoms. The smallest absolute Gasteiger partial charge is 0.340 e. The van der Waals surface area contributed by atoms with Gasteiger partial charge in [-0.2, -0.15) is 0 Å². The van der Waals surface area contributed by atoms with Crippen molar-refractivity contribution in [1.82, 2.24) is 9.29 Å². The molecule has 0 radical (unpaired) electrons. The molecule has 0 saturated heterocycles. The minimum atomic E-state index is -3.61. The SMILES string of the molecule is CCn1c(C)cc(C(=O)OC(C)C(=O)Nc2ccc(S(=O)(=O)NC(C)C)cc2)c1C. The minimum absolute atomic E-state index is 0.0972. The Labute approximate surface area is 177 Å². The quantitative estimate of drug-likeness (QED) is 0.620. The molecular formula is C21H29N3O5S. The molecule has 0 fully saturated rings. The molecule has 1 aromatic carbocycles. The molecule has 0 aliphatic heterocycles. The van der Waals surface area contributed by atoms with E-state index in [-0.39, 0.29) is 10.9 Å². The van der Waals surface area contributed by atoms with E-state index in [1.54, 1.807) is 19.9 Å². The summed E-state index contributed by atoms with van der Waals surface area (Å²) in [5, 5.41) is 2.62. The van der Waals surface area contributed by atoms with Crippen LogP contribution in [-0.2, 0) is 26.1 Å². The van der Waals surface area contributed by atoms with E-state index in [2.05, 4.69) is 10.0 Å². The van der Waals surface area contributed by atoms with Gasteiger partial charge in [0.15, 0.2) is 6.10 Å². The number of anilines is 1. The van der Waals surface area contributed by atoms with Crippen LogP contribution >= 0.6 is 0 Å². The van der Waals surface area contributed by atoms with Crippen LogP contribution in [-0.4, -0.2) is 37.0 Å². The molecule has 0 aliphatic carbocycles. The number of hydrogen-bond donors (Lipinski definition) is 2. The van der Waals surface area contributed by atoms with Crippen LogP contribution in [0.3, 0.4) is 0 Å². The zero-order chi connectivity index (χ0) is 22.6. The first kappa shape index (κ1) is 23.6. The zero-order valence-electron chi connectivity index (χ0n) is 18.1. The number of carbonyl (C=O) groups is 2. The van der Waals surface area contributed by atoms with Crippen LogP contribution in [0.4, 0.5) is 5.69 Å². The van der Waals surface area contributed by atoms with Gasteiger partial charge in [-0.05, 0) is 71.9 Å². The van der Waals surface area contributed by atoms with E-state index in [4.69, 9.17) is 4.74 Å². The molecule has 1 aromatic heterocycles. The maximum Gasteiger partial charge on any atom is 0.340 e. The first-order valence-corrected chi connectivity index (χ1v) is 11.3. The number of carbonyl (C=O) groups excluding carboxylic acids is 2. The van der Waals surface area contributed by atoms with Gasteiger partial charge in [0, 0.05) is 29.7 Å². The van der Waals surface area contributed by atoms with Gasteiger partial charge in [0.2, 0.25) is 10.0 Å². The molecule has 0 saturated carbocycles. The fraction of sp³-hybridized carbons (Fsp3) is 0.429. The number of ether oxygens (including phenoxy) is 1. The van der Waals surface area contributed by atoms with E-state index in [0.717, 1.165) is 17.9 Å². The maximum absolute atomic E-state index is 12.5. The Kier molecular flexibility index (Phi) is 7.44. The minimum Gasteiger partial charge on any atom is -0.449 e. The van der Waals surface area contributed by atoms with E-state index in [1.165, 1.54) is 31.2 Å². The number of hydrogen-bond acceptors (Lipinski definition) is 5. The monoisotopic (exact) mass is 435 g/mol. The molecule has 2 N–H and O–H groups in total. The number of nitrogens with zero attached hydrogens (tertiary/aromatic N) is 1. The highest BCUT2D eigenvalue weighted by Gasteiger charge is 2.23. The lowest BCUT2D eigenvalue weighted by Gasteiger charge is -2.14. The summed E-state index contributed by atoms with van der Waals surface area (Å²) in [5.74, 6) is -1.07. The zero-order valence-corrected chi connectivity index (χ0v) is 19.0. The first-order valence-electron chi connectivity index (χ1n) is 9.77. The summed E-state index contributed by atoms with van der Waals surface area (Å²) in [5.41, 5.74) is 2.57. The molecule has 0 spiro atoms. The third kappa shape index (κ3) is 5.48. The predicted molar refractivity (Wildman–Crippen MR) is 115 cm³/mol. The van der Waals surface area contributed by atoms with Gasteiger partial charge in [-0.3, -0.25) is 4.79 Å². The van der Waals surface area contributed by atoms with Crippen LogP contribution in [0, 0.1) is 13.8 Å². The van der Waals surface area contributed by atoms with Gasteiger partial charge in [0.05, 0.1) is 10.5 Å².